The molecule has 1 N–H and O–H groups in total. The summed E-state index contributed by atoms with van der Waals surface area (Å²) in [6.07, 6.45) is -1.16. The first kappa shape index (κ1) is 25.8. The molecule has 0 aliphatic carbocycles. The van der Waals surface area contributed by atoms with E-state index in [2.05, 4.69) is 28.5 Å². The highest BCUT2D eigenvalue weighted by Gasteiger charge is 2.32. The number of ether oxygens (including phenoxy) is 1. The van der Waals surface area contributed by atoms with Crippen LogP contribution < -0.4 is 9.46 Å². The first-order valence-electron chi connectivity index (χ1n) is 11.1. The van der Waals surface area contributed by atoms with E-state index >= 15 is 0 Å². The highest BCUT2D eigenvalue weighted by Crippen LogP contribution is 2.33. The van der Waals surface area contributed by atoms with E-state index in [-0.39, 0.29) is 39.5 Å². The molecule has 1 fully saturated rings. The SMILES string of the molecule is C[C@@H]1C[C@@H](Oc2ccc(S(=O)(=O)Nc3cscn3)cc2Cl)C[C@H](C)N1Cc1cccc(C(F)F)c1. The van der Waals surface area contributed by atoms with Crippen LogP contribution >= 0.6 is 22.9 Å². The van der Waals surface area contributed by atoms with E-state index in [4.69, 9.17) is 16.3 Å². The van der Waals surface area contributed by atoms with Gasteiger partial charge in [-0.15, -0.1) is 11.3 Å². The van der Waals surface area contributed by atoms with E-state index in [1.54, 1.807) is 23.6 Å². The van der Waals surface area contributed by atoms with Crippen molar-refractivity contribution in [3.8, 4) is 5.75 Å². The topological polar surface area (TPSA) is 71.5 Å². The van der Waals surface area contributed by atoms with Crippen molar-refractivity contribution in [3.05, 3.63) is 69.5 Å². The van der Waals surface area contributed by atoms with Gasteiger partial charge in [0.1, 0.15) is 11.9 Å². The smallest absolute Gasteiger partial charge is 0.263 e. The molecule has 1 aliphatic heterocycles. The molecule has 2 aromatic carbocycles. The van der Waals surface area contributed by atoms with Gasteiger partial charge in [-0.25, -0.2) is 22.2 Å². The summed E-state index contributed by atoms with van der Waals surface area (Å²) in [6.45, 7) is 4.75. The molecule has 0 saturated carbocycles. The Morgan fingerprint density at radius 1 is 1.20 bits per heavy atom. The number of alkyl halides is 2. The van der Waals surface area contributed by atoms with Crippen LogP contribution in [0.15, 0.2) is 58.3 Å². The molecular weight excluding hydrogens is 516 g/mol. The fourth-order valence-electron chi connectivity index (χ4n) is 4.39. The van der Waals surface area contributed by atoms with Gasteiger partial charge in [-0.1, -0.05) is 29.8 Å². The molecule has 0 radical (unpaired) electrons. The molecule has 1 aromatic heterocycles. The van der Waals surface area contributed by atoms with Crippen molar-refractivity contribution in [2.45, 2.75) is 62.7 Å². The molecule has 0 amide bonds. The molecule has 1 aliphatic rings. The van der Waals surface area contributed by atoms with Crippen molar-refractivity contribution in [1.29, 1.82) is 0 Å². The Balaban J connectivity index is 1.40. The monoisotopic (exact) mass is 541 g/mol. The zero-order chi connectivity index (χ0) is 25.2. The summed E-state index contributed by atoms with van der Waals surface area (Å²) in [5.41, 5.74) is 2.42. The predicted octanol–water partition coefficient (Wildman–Crippen LogP) is 6.36. The molecule has 0 unspecified atom stereocenters. The lowest BCUT2D eigenvalue weighted by molar-refractivity contribution is 0.0205. The lowest BCUT2D eigenvalue weighted by Crippen LogP contribution is -2.49. The minimum Gasteiger partial charge on any atom is -0.489 e. The number of nitrogens with zero attached hydrogens (tertiary/aromatic N) is 2. The molecule has 11 heteroatoms. The summed E-state index contributed by atoms with van der Waals surface area (Å²) in [5.74, 6) is 0.670. The zero-order valence-corrected chi connectivity index (χ0v) is 21.6. The number of piperidine rings is 1. The summed E-state index contributed by atoms with van der Waals surface area (Å²) >= 11 is 7.67. The Morgan fingerprint density at radius 2 is 1.94 bits per heavy atom. The standard InChI is InChI=1S/C24H26ClF2N3O3S2/c1-15-8-19(9-16(2)30(15)12-17-4-3-5-18(10-17)24(26)27)33-22-7-6-20(11-21(22)25)35(31,32)29-23-13-34-14-28-23/h3-7,10-11,13-16,19,24,29H,8-9,12H2,1-2H3/t15-,16+,19-. The number of sulfonamides is 1. The number of nitrogens with one attached hydrogen (secondary N) is 1. The Bertz CT molecular complexity index is 1250. The van der Waals surface area contributed by atoms with E-state index in [9.17, 15) is 17.2 Å². The van der Waals surface area contributed by atoms with Gasteiger partial charge in [0, 0.05) is 29.6 Å². The van der Waals surface area contributed by atoms with Crippen molar-refractivity contribution in [2.24, 2.45) is 0 Å². The molecule has 4 rings (SSSR count). The van der Waals surface area contributed by atoms with Gasteiger partial charge in [-0.2, -0.15) is 0 Å². The van der Waals surface area contributed by atoms with Gasteiger partial charge in [0.15, 0.2) is 5.82 Å². The zero-order valence-electron chi connectivity index (χ0n) is 19.2. The Hall–Kier alpha value is -2.27. The minimum atomic E-state index is -3.82. The van der Waals surface area contributed by atoms with Crippen LogP contribution in [0.5, 0.6) is 5.75 Å². The van der Waals surface area contributed by atoms with Crippen LogP contribution in [0.25, 0.3) is 0 Å². The van der Waals surface area contributed by atoms with Crippen molar-refractivity contribution in [3.63, 3.8) is 0 Å². The van der Waals surface area contributed by atoms with Gasteiger partial charge < -0.3 is 4.74 Å². The number of aromatic nitrogens is 1. The third kappa shape index (κ3) is 6.30. The number of thiazole rings is 1. The Kier molecular flexibility index (Phi) is 7.95. The number of hydrogen-bond acceptors (Lipinski definition) is 6. The van der Waals surface area contributed by atoms with Gasteiger partial charge in [0.05, 0.1) is 15.4 Å². The summed E-state index contributed by atoms with van der Waals surface area (Å²) in [6, 6.07) is 11.2. The lowest BCUT2D eigenvalue weighted by Gasteiger charge is -2.42. The quantitative estimate of drug-likeness (QED) is 0.359. The van der Waals surface area contributed by atoms with Crippen LogP contribution in [0.4, 0.5) is 14.6 Å². The number of likely N-dealkylation sites (tertiary alicyclic amines) is 1. The molecular formula is C24H26ClF2N3O3S2. The predicted molar refractivity (Wildman–Crippen MR) is 134 cm³/mol. The summed E-state index contributed by atoms with van der Waals surface area (Å²) < 4.78 is 59.9. The fourth-order valence-corrected chi connectivity index (χ4v) is 6.27. The van der Waals surface area contributed by atoms with E-state index in [0.717, 1.165) is 18.4 Å². The van der Waals surface area contributed by atoms with E-state index in [0.29, 0.717) is 12.3 Å². The van der Waals surface area contributed by atoms with Gasteiger partial charge in [0.25, 0.3) is 16.4 Å². The number of hydrogen-bond donors (Lipinski definition) is 1. The highest BCUT2D eigenvalue weighted by molar-refractivity contribution is 7.92. The summed E-state index contributed by atoms with van der Waals surface area (Å²) in [4.78, 5) is 6.24. The van der Waals surface area contributed by atoms with Gasteiger partial charge in [-0.3, -0.25) is 9.62 Å². The Labute approximate surface area is 213 Å². The van der Waals surface area contributed by atoms with Crippen LogP contribution in [0.1, 0.15) is 44.2 Å². The molecule has 2 heterocycles. The largest absolute Gasteiger partial charge is 0.489 e. The van der Waals surface area contributed by atoms with Crippen molar-refractivity contribution in [1.82, 2.24) is 9.88 Å². The second-order valence-corrected chi connectivity index (χ2v) is 11.5. The number of halogens is 3. The average molecular weight is 542 g/mol. The molecule has 0 bridgehead atoms. The highest BCUT2D eigenvalue weighted by atomic mass is 35.5. The maximum atomic E-state index is 13.1. The van der Waals surface area contributed by atoms with E-state index in [1.165, 1.54) is 35.0 Å². The van der Waals surface area contributed by atoms with Crippen LogP contribution in [-0.2, 0) is 16.6 Å². The second-order valence-electron chi connectivity index (χ2n) is 8.70. The fraction of sp³-hybridized carbons (Fsp3) is 0.375. The molecule has 35 heavy (non-hydrogen) atoms. The van der Waals surface area contributed by atoms with E-state index < -0.39 is 16.4 Å². The number of rotatable bonds is 8. The normalized spacial score (nSPS) is 21.3. The second kappa shape index (κ2) is 10.8. The molecule has 3 atom stereocenters. The molecule has 188 valence electrons. The van der Waals surface area contributed by atoms with Crippen LogP contribution in [0.2, 0.25) is 5.02 Å². The van der Waals surface area contributed by atoms with Crippen molar-refractivity contribution in [2.75, 3.05) is 4.72 Å². The third-order valence-corrected chi connectivity index (χ3v) is 8.32. The average Bonchev–Trinajstić information content (AvgIpc) is 3.30. The molecule has 3 aromatic rings. The maximum Gasteiger partial charge on any atom is 0.263 e. The van der Waals surface area contributed by atoms with Crippen LogP contribution in [0, 0.1) is 0 Å². The lowest BCUT2D eigenvalue weighted by atomic mass is 9.93. The Morgan fingerprint density at radius 3 is 2.57 bits per heavy atom. The summed E-state index contributed by atoms with van der Waals surface area (Å²) in [5, 5.41) is 1.80. The first-order chi connectivity index (χ1) is 16.6. The minimum absolute atomic E-state index is 0.0189. The van der Waals surface area contributed by atoms with Gasteiger partial charge >= 0.3 is 0 Å². The van der Waals surface area contributed by atoms with Crippen molar-refractivity contribution < 1.29 is 21.9 Å². The van der Waals surface area contributed by atoms with Gasteiger partial charge in [-0.05, 0) is 56.5 Å². The van der Waals surface area contributed by atoms with Crippen molar-refractivity contribution >= 4 is 38.8 Å². The van der Waals surface area contributed by atoms with Gasteiger partial charge in [0.2, 0.25) is 0 Å². The van der Waals surface area contributed by atoms with E-state index in [1.807, 2.05) is 6.07 Å². The molecule has 1 saturated heterocycles. The van der Waals surface area contributed by atoms with Crippen LogP contribution in [-0.4, -0.2) is 36.5 Å². The molecule has 6 nitrogen and oxygen atoms in total. The third-order valence-electron chi connectivity index (χ3n) is 6.09. The maximum absolute atomic E-state index is 13.1. The number of anilines is 1. The first-order valence-corrected chi connectivity index (χ1v) is 13.9. The van der Waals surface area contributed by atoms with Crippen LogP contribution in [0.3, 0.4) is 0 Å². The summed E-state index contributed by atoms with van der Waals surface area (Å²) in [7, 11) is -3.82. The molecule has 0 spiro atoms. The number of benzene rings is 2.